The minimum atomic E-state index is -0.274. The fourth-order valence-corrected chi connectivity index (χ4v) is 3.96. The van der Waals surface area contributed by atoms with E-state index in [2.05, 4.69) is 6.92 Å². The minimum absolute atomic E-state index is 0.274. The van der Waals surface area contributed by atoms with Crippen molar-refractivity contribution in [3.05, 3.63) is 29.8 Å². The minimum Gasteiger partial charge on any atom is -0.494 e. The zero-order valence-electron chi connectivity index (χ0n) is 16.7. The average Bonchev–Trinajstić information content (AvgIpc) is 2.67. The molecule has 0 amide bonds. The molecule has 0 atom stereocenters. The van der Waals surface area contributed by atoms with Gasteiger partial charge in [0.05, 0.1) is 18.8 Å². The molecule has 1 aliphatic rings. The van der Waals surface area contributed by atoms with Crippen LogP contribution in [0.5, 0.6) is 5.75 Å². The monoisotopic (exact) mass is 360 g/mol. The van der Waals surface area contributed by atoms with E-state index in [9.17, 15) is 4.79 Å². The maximum absolute atomic E-state index is 11.6. The first-order valence-electron chi connectivity index (χ1n) is 10.6. The van der Waals surface area contributed by atoms with E-state index in [1.54, 1.807) is 12.1 Å². The van der Waals surface area contributed by atoms with Gasteiger partial charge in [-0.15, -0.1) is 0 Å². The molecule has 1 aromatic rings. The molecule has 2 rings (SSSR count). The van der Waals surface area contributed by atoms with E-state index in [1.807, 2.05) is 19.1 Å². The van der Waals surface area contributed by atoms with Gasteiger partial charge in [-0.25, -0.2) is 4.79 Å². The van der Waals surface area contributed by atoms with Crippen LogP contribution in [0.15, 0.2) is 24.3 Å². The zero-order valence-corrected chi connectivity index (χ0v) is 16.7. The second-order valence-corrected chi connectivity index (χ2v) is 7.62. The predicted molar refractivity (Wildman–Crippen MR) is 107 cm³/mol. The first-order chi connectivity index (χ1) is 12.7. The summed E-state index contributed by atoms with van der Waals surface area (Å²) in [7, 11) is 0. The molecule has 0 heterocycles. The van der Waals surface area contributed by atoms with Crippen molar-refractivity contribution in [1.29, 1.82) is 0 Å². The van der Waals surface area contributed by atoms with Gasteiger partial charge in [-0.2, -0.15) is 0 Å². The molecule has 3 nitrogen and oxygen atoms in total. The summed E-state index contributed by atoms with van der Waals surface area (Å²) < 4.78 is 10.8. The fraction of sp³-hybridized carbons (Fsp3) is 0.696. The third-order valence-corrected chi connectivity index (χ3v) is 5.57. The number of hydrogen-bond acceptors (Lipinski definition) is 3. The molecule has 0 saturated heterocycles. The van der Waals surface area contributed by atoms with E-state index in [0.29, 0.717) is 12.2 Å². The molecule has 1 fully saturated rings. The van der Waals surface area contributed by atoms with Gasteiger partial charge in [-0.1, -0.05) is 58.3 Å². The van der Waals surface area contributed by atoms with Crippen LogP contribution in [0.4, 0.5) is 0 Å². The molecule has 0 unspecified atom stereocenters. The molecular formula is C23H36O3. The van der Waals surface area contributed by atoms with Gasteiger partial charge in [0.15, 0.2) is 0 Å². The topological polar surface area (TPSA) is 35.5 Å². The maximum Gasteiger partial charge on any atom is 0.338 e. The fourth-order valence-electron chi connectivity index (χ4n) is 3.96. The van der Waals surface area contributed by atoms with Crippen LogP contribution in [0.25, 0.3) is 0 Å². The SMILES string of the molecule is CCCCC[C@H]1CC[C@H](CCCOc2ccc(C(=O)OCC)cc2)CC1. The Kier molecular flexibility index (Phi) is 9.58. The van der Waals surface area contributed by atoms with Crippen molar-refractivity contribution < 1.29 is 14.3 Å². The zero-order chi connectivity index (χ0) is 18.6. The summed E-state index contributed by atoms with van der Waals surface area (Å²) >= 11 is 0. The Balaban J connectivity index is 1.57. The number of hydrogen-bond donors (Lipinski definition) is 0. The lowest BCUT2D eigenvalue weighted by atomic mass is 9.78. The van der Waals surface area contributed by atoms with Crippen LogP contribution in [0.2, 0.25) is 0 Å². The van der Waals surface area contributed by atoms with E-state index in [1.165, 1.54) is 57.8 Å². The summed E-state index contributed by atoms with van der Waals surface area (Å²) in [6, 6.07) is 7.25. The molecule has 1 saturated carbocycles. The number of esters is 1. The Bertz CT molecular complexity index is 501. The highest BCUT2D eigenvalue weighted by Crippen LogP contribution is 2.34. The molecule has 0 radical (unpaired) electrons. The van der Waals surface area contributed by atoms with Crippen molar-refractivity contribution in [2.45, 2.75) is 78.1 Å². The van der Waals surface area contributed by atoms with Gasteiger partial charge < -0.3 is 9.47 Å². The predicted octanol–water partition coefficient (Wildman–Crippen LogP) is 6.41. The highest BCUT2D eigenvalue weighted by molar-refractivity contribution is 5.89. The van der Waals surface area contributed by atoms with Gasteiger partial charge in [0, 0.05) is 0 Å². The highest BCUT2D eigenvalue weighted by atomic mass is 16.5. The van der Waals surface area contributed by atoms with E-state index in [-0.39, 0.29) is 5.97 Å². The number of benzene rings is 1. The summed E-state index contributed by atoms with van der Waals surface area (Å²) in [5.41, 5.74) is 0.579. The molecule has 0 aromatic heterocycles. The quantitative estimate of drug-likeness (QED) is 0.338. The molecule has 0 aliphatic heterocycles. The number of unbranched alkanes of at least 4 members (excludes halogenated alkanes) is 2. The average molecular weight is 361 g/mol. The number of carbonyl (C=O) groups excluding carboxylic acids is 1. The summed E-state index contributed by atoms with van der Waals surface area (Å²) in [4.78, 5) is 11.6. The van der Waals surface area contributed by atoms with Crippen molar-refractivity contribution in [1.82, 2.24) is 0 Å². The number of ether oxygens (including phenoxy) is 2. The third kappa shape index (κ3) is 7.39. The normalized spacial score (nSPS) is 19.9. The van der Waals surface area contributed by atoms with Crippen LogP contribution in [0, 0.1) is 11.8 Å². The molecule has 0 N–H and O–H groups in total. The lowest BCUT2D eigenvalue weighted by Crippen LogP contribution is -2.15. The van der Waals surface area contributed by atoms with Gasteiger partial charge in [0.25, 0.3) is 0 Å². The van der Waals surface area contributed by atoms with Crippen LogP contribution < -0.4 is 4.74 Å². The molecule has 1 aliphatic carbocycles. The van der Waals surface area contributed by atoms with Crippen LogP contribution >= 0.6 is 0 Å². The molecular weight excluding hydrogens is 324 g/mol. The van der Waals surface area contributed by atoms with Gasteiger partial charge in [-0.05, 0) is 55.9 Å². The molecule has 0 spiro atoms. The van der Waals surface area contributed by atoms with Gasteiger partial charge in [0.1, 0.15) is 5.75 Å². The van der Waals surface area contributed by atoms with Gasteiger partial charge in [-0.3, -0.25) is 0 Å². The largest absolute Gasteiger partial charge is 0.494 e. The van der Waals surface area contributed by atoms with E-state index < -0.39 is 0 Å². The summed E-state index contributed by atoms with van der Waals surface area (Å²) in [5.74, 6) is 2.45. The number of carbonyl (C=O) groups is 1. The standard InChI is InChI=1S/C23H36O3/c1-3-5-6-8-19-10-12-20(13-11-19)9-7-18-26-22-16-14-21(15-17-22)23(24)25-4-2/h14-17,19-20H,3-13,18H2,1-2H3/t19-,20-. The summed E-state index contributed by atoms with van der Waals surface area (Å²) in [5, 5.41) is 0. The molecule has 3 heteroatoms. The second-order valence-electron chi connectivity index (χ2n) is 7.62. The first-order valence-corrected chi connectivity index (χ1v) is 10.6. The maximum atomic E-state index is 11.6. The van der Waals surface area contributed by atoms with Crippen LogP contribution in [-0.4, -0.2) is 19.2 Å². The third-order valence-electron chi connectivity index (χ3n) is 5.57. The lowest BCUT2D eigenvalue weighted by molar-refractivity contribution is 0.0526. The smallest absolute Gasteiger partial charge is 0.338 e. The van der Waals surface area contributed by atoms with Crippen molar-refractivity contribution in [2.24, 2.45) is 11.8 Å². The van der Waals surface area contributed by atoms with Crippen LogP contribution in [-0.2, 0) is 4.74 Å². The van der Waals surface area contributed by atoms with E-state index in [0.717, 1.165) is 30.6 Å². The Hall–Kier alpha value is -1.51. The van der Waals surface area contributed by atoms with Crippen LogP contribution in [0.3, 0.4) is 0 Å². The van der Waals surface area contributed by atoms with Crippen molar-refractivity contribution >= 4 is 5.97 Å². The second kappa shape index (κ2) is 12.0. The van der Waals surface area contributed by atoms with E-state index >= 15 is 0 Å². The van der Waals surface area contributed by atoms with Gasteiger partial charge >= 0.3 is 5.97 Å². The molecule has 1 aromatic carbocycles. The first kappa shape index (κ1) is 20.8. The highest BCUT2D eigenvalue weighted by Gasteiger charge is 2.20. The van der Waals surface area contributed by atoms with Crippen molar-refractivity contribution in [3.63, 3.8) is 0 Å². The van der Waals surface area contributed by atoms with E-state index in [4.69, 9.17) is 9.47 Å². The summed E-state index contributed by atoms with van der Waals surface area (Å²) in [6.07, 6.45) is 13.7. The van der Waals surface area contributed by atoms with Crippen molar-refractivity contribution in [2.75, 3.05) is 13.2 Å². The summed E-state index contributed by atoms with van der Waals surface area (Å²) in [6.45, 7) is 5.26. The van der Waals surface area contributed by atoms with Crippen LogP contribution in [0.1, 0.15) is 88.4 Å². The number of rotatable bonds is 11. The lowest BCUT2D eigenvalue weighted by Gasteiger charge is -2.28. The Morgan fingerprint density at radius 1 is 0.923 bits per heavy atom. The Morgan fingerprint density at radius 3 is 2.12 bits per heavy atom. The Labute approximate surface area is 159 Å². The Morgan fingerprint density at radius 2 is 1.54 bits per heavy atom. The van der Waals surface area contributed by atoms with Gasteiger partial charge in [0.2, 0.25) is 0 Å². The molecule has 146 valence electrons. The molecule has 26 heavy (non-hydrogen) atoms. The van der Waals surface area contributed by atoms with Crippen molar-refractivity contribution in [3.8, 4) is 5.75 Å². The molecule has 0 bridgehead atoms.